The number of rotatable bonds is 2. The van der Waals surface area contributed by atoms with Gasteiger partial charge in [0.05, 0.1) is 0 Å². The molecule has 1 saturated heterocycles. The summed E-state index contributed by atoms with van der Waals surface area (Å²) in [5.41, 5.74) is 11.6. The van der Waals surface area contributed by atoms with E-state index in [-0.39, 0.29) is 36.2 Å². The minimum absolute atomic E-state index is 0.0506. The molecule has 4 aliphatic heterocycles. The first-order valence-corrected chi connectivity index (χ1v) is 16.3. The van der Waals surface area contributed by atoms with Crippen molar-refractivity contribution >= 4 is 45.1 Å². The van der Waals surface area contributed by atoms with Crippen molar-refractivity contribution in [2.24, 2.45) is 5.73 Å². The number of H-pyrrole nitrogens is 1. The molecule has 2 bridgehead atoms. The molecule has 0 saturated carbocycles. The molecule has 14 N–H and O–H groups in total. The van der Waals surface area contributed by atoms with Crippen LogP contribution in [-0.2, 0) is 24.9 Å². The molecule has 3 aromatic rings. The molecule has 7 rings (SSSR count). The van der Waals surface area contributed by atoms with Crippen LogP contribution in [0.1, 0.15) is 5.76 Å². The number of ether oxygens (including phenoxy) is 1. The number of aromatic nitrogens is 3. The Kier molecular flexibility index (Phi) is 6.67. The van der Waals surface area contributed by atoms with E-state index >= 15 is 0 Å². The summed E-state index contributed by atoms with van der Waals surface area (Å²) in [7, 11) is -10.6. The molecule has 4 aliphatic rings. The van der Waals surface area contributed by atoms with Gasteiger partial charge in [-0.2, -0.15) is 0 Å². The summed E-state index contributed by atoms with van der Waals surface area (Å²) in [5.74, 6) is -3.53. The fourth-order valence-corrected chi connectivity index (χ4v) is 6.64. The van der Waals surface area contributed by atoms with Gasteiger partial charge in [0.15, 0.2) is 0 Å². The third kappa shape index (κ3) is 4.99. The second-order valence-corrected chi connectivity index (χ2v) is 13.0. The van der Waals surface area contributed by atoms with Gasteiger partial charge in [0.25, 0.3) is 0 Å². The molecule has 1 fully saturated rings. The molecule has 0 radical (unpaired) electrons. The maximum atomic E-state index is 12.3. The summed E-state index contributed by atoms with van der Waals surface area (Å²) < 4.78 is 33.4. The van der Waals surface area contributed by atoms with Crippen LogP contribution in [0, 0.1) is 0 Å². The number of furan rings is 1. The van der Waals surface area contributed by atoms with Crippen LogP contribution >= 0.6 is 16.3 Å². The van der Waals surface area contributed by atoms with Crippen molar-refractivity contribution in [3.05, 3.63) is 57.7 Å². The molecule has 244 valence electrons. The molecule has 45 heavy (non-hydrogen) atoms. The molecule has 24 heteroatoms. The Morgan fingerprint density at radius 1 is 1.11 bits per heavy atom. The summed E-state index contributed by atoms with van der Waals surface area (Å²) in [6.45, 7) is -0.512. The van der Waals surface area contributed by atoms with E-state index < -0.39 is 75.4 Å². The number of nitrogens with zero attached hydrogens (tertiary/aromatic N) is 3. The van der Waals surface area contributed by atoms with Crippen LogP contribution in [0.25, 0.3) is 16.9 Å². The monoisotopic (exact) mass is 675 g/mol. The Morgan fingerprint density at radius 2 is 1.91 bits per heavy atom. The SMILES string of the molecule is NC1=C2NCN(c3oc4c(c3O)O[PH](O)(O)O/C=C3/OC(n5ccc6c(=O)[nH]c(N)nc65)=C(O[PH](O)(O)OC4)[C@@H]3O)C2NCN1. The number of nitrogens with one attached hydrogen (secondary N) is 4. The van der Waals surface area contributed by atoms with E-state index in [0.717, 1.165) is 4.57 Å². The van der Waals surface area contributed by atoms with Crippen LogP contribution < -0.4 is 42.4 Å². The Morgan fingerprint density at radius 3 is 2.71 bits per heavy atom. The van der Waals surface area contributed by atoms with Crippen LogP contribution in [0.15, 0.2) is 50.8 Å². The molecule has 0 amide bonds. The number of nitrogens with two attached hydrogens (primary N) is 2. The van der Waals surface area contributed by atoms with Gasteiger partial charge in [-0.05, 0) is 0 Å². The Hall–Kier alpha value is -4.50. The number of hydrogen-bond acceptors (Lipinski definition) is 20. The van der Waals surface area contributed by atoms with Gasteiger partial charge in [-0.1, -0.05) is 0 Å². The van der Waals surface area contributed by atoms with Crippen LogP contribution in [-0.4, -0.2) is 69.9 Å². The van der Waals surface area contributed by atoms with Crippen molar-refractivity contribution in [2.45, 2.75) is 18.9 Å². The van der Waals surface area contributed by atoms with Gasteiger partial charge < -0.3 is 0 Å². The fourth-order valence-electron chi connectivity index (χ4n) is 4.98. The Bertz CT molecular complexity index is 1870. The second-order valence-electron chi connectivity index (χ2n) is 9.88. The van der Waals surface area contributed by atoms with Crippen LogP contribution in [0.2, 0.25) is 0 Å². The van der Waals surface area contributed by atoms with Crippen LogP contribution in [0.5, 0.6) is 11.5 Å². The molecular weight excluding hydrogens is 648 g/mol. The van der Waals surface area contributed by atoms with E-state index in [1.807, 2.05) is 0 Å². The predicted molar refractivity (Wildman–Crippen MR) is 153 cm³/mol. The summed E-state index contributed by atoms with van der Waals surface area (Å²) >= 11 is 0. The first-order chi connectivity index (χ1) is 21.3. The number of aliphatic hydroxyl groups excluding tert-OH is 1. The molecule has 0 spiro atoms. The fraction of sp³-hybridized carbons (Fsp3) is 0.238. The van der Waals surface area contributed by atoms with E-state index in [2.05, 4.69) is 25.9 Å². The molecular formula is C21H27N9O13P2. The molecule has 22 nitrogen and oxygen atoms in total. The van der Waals surface area contributed by atoms with Gasteiger partial charge in [-0.15, -0.1) is 0 Å². The summed E-state index contributed by atoms with van der Waals surface area (Å²) in [5, 5.41) is 31.1. The Labute approximate surface area is 250 Å². The van der Waals surface area contributed by atoms with E-state index in [0.29, 0.717) is 17.8 Å². The van der Waals surface area contributed by atoms with Crippen LogP contribution in [0.4, 0.5) is 11.8 Å². The van der Waals surface area contributed by atoms with Gasteiger partial charge in [0.1, 0.15) is 0 Å². The van der Waals surface area contributed by atoms with E-state index in [4.69, 9.17) is 38.7 Å². The molecule has 2 atom stereocenters. The zero-order valence-electron chi connectivity index (χ0n) is 22.5. The quantitative estimate of drug-likeness (QED) is 0.124. The van der Waals surface area contributed by atoms with Gasteiger partial charge in [0.2, 0.25) is 0 Å². The van der Waals surface area contributed by atoms with Gasteiger partial charge in [-0.25, -0.2) is 0 Å². The first-order valence-electron chi connectivity index (χ1n) is 12.9. The number of anilines is 2. The molecule has 0 aromatic carbocycles. The minimum atomic E-state index is -5.28. The number of fused-ring (bicyclic) bond motifs is 5. The average Bonchev–Trinajstić information content (AvgIpc) is 3.72. The average molecular weight is 675 g/mol. The first kappa shape index (κ1) is 29.2. The van der Waals surface area contributed by atoms with Crippen molar-refractivity contribution in [3.8, 4) is 11.5 Å². The van der Waals surface area contributed by atoms with Gasteiger partial charge >= 0.3 is 250 Å². The standard InChI is InChI=1S/C21H27N9O13P2/c22-15-10-17(25-5-24-15)30(6-26-10)19-12(32)13-9(41-19)4-39-45(36,37)43-14-11(31)8(3-38-44(34,35)42-13)40-20(14)29-2-1-7-16(29)27-21(23)28-18(7)33/h1-3,11,17,24-26,31-32,34-37,44-45H,4-6,22H2,(H3,23,27,28,33)/b8-3+/t11-,17?/m1/s1. The van der Waals surface area contributed by atoms with E-state index in [9.17, 15) is 34.6 Å². The van der Waals surface area contributed by atoms with Gasteiger partial charge in [-0.3, -0.25) is 0 Å². The molecule has 0 aliphatic carbocycles. The maximum absolute atomic E-state index is 12.3. The Balaban J connectivity index is 1.28. The van der Waals surface area contributed by atoms with Gasteiger partial charge in [0, 0.05) is 0 Å². The van der Waals surface area contributed by atoms with Crippen molar-refractivity contribution in [2.75, 3.05) is 24.0 Å². The zero-order chi connectivity index (χ0) is 31.8. The normalized spacial score (nSPS) is 26.6. The topological polar surface area (TPSA) is 323 Å². The van der Waals surface area contributed by atoms with Crippen molar-refractivity contribution in [1.82, 2.24) is 30.5 Å². The van der Waals surface area contributed by atoms with Crippen molar-refractivity contribution in [1.29, 1.82) is 0 Å². The summed E-state index contributed by atoms with van der Waals surface area (Å²) in [6.07, 6.45) is -0.644. The molecule has 3 aromatic heterocycles. The molecule has 1 unspecified atom stereocenters. The van der Waals surface area contributed by atoms with Crippen LogP contribution in [0.3, 0.4) is 0 Å². The number of nitrogen functional groups attached to an aromatic ring is 1. The number of aliphatic hydroxyl groups is 1. The van der Waals surface area contributed by atoms with E-state index in [1.165, 1.54) is 17.2 Å². The molecule has 7 heterocycles. The summed E-state index contributed by atoms with van der Waals surface area (Å²) in [6, 6.07) is 1.34. The predicted octanol–water partition coefficient (Wildman–Crippen LogP) is -2.63. The number of hydrogen-bond donors (Lipinski definition) is 12. The summed E-state index contributed by atoms with van der Waals surface area (Å²) in [4.78, 5) is 63.1. The number of aromatic amines is 1. The van der Waals surface area contributed by atoms with Crippen molar-refractivity contribution < 1.29 is 57.0 Å². The zero-order valence-corrected chi connectivity index (χ0v) is 24.5. The third-order valence-corrected chi connectivity index (χ3v) is 8.87. The second kappa shape index (κ2) is 10.3. The van der Waals surface area contributed by atoms with Crippen molar-refractivity contribution in [3.63, 3.8) is 0 Å². The number of aromatic hydroxyl groups is 1. The third-order valence-electron chi connectivity index (χ3n) is 6.97. The van der Waals surface area contributed by atoms with E-state index in [1.54, 1.807) is 0 Å².